The molecule has 0 unspecified atom stereocenters. The molecule has 1 N–H and O–H groups in total. The molecule has 0 aliphatic heterocycles. The fraction of sp³-hybridized carbons (Fsp3) is 0.571. The molecule has 0 amide bonds. The molecule has 0 aliphatic rings. The van der Waals surface area contributed by atoms with E-state index in [1.54, 1.807) is 0 Å². The lowest BCUT2D eigenvalue weighted by Crippen LogP contribution is -2.48. The zero-order valence-electron chi connectivity index (χ0n) is 11.6. The minimum Gasteiger partial charge on any atom is -0.318 e. The summed E-state index contributed by atoms with van der Waals surface area (Å²) >= 11 is 0. The van der Waals surface area contributed by atoms with Crippen LogP contribution in [0.2, 0.25) is 0 Å². The van der Waals surface area contributed by atoms with Crippen molar-refractivity contribution in [2.24, 2.45) is 0 Å². The van der Waals surface area contributed by atoms with E-state index in [-0.39, 0.29) is 5.54 Å². The molecule has 18 heavy (non-hydrogen) atoms. The number of hydrogen-bond acceptors (Lipinski definition) is 2. The van der Waals surface area contributed by atoms with Gasteiger partial charge in [-0.2, -0.15) is 0 Å². The lowest BCUT2D eigenvalue weighted by Gasteiger charge is -2.35. The van der Waals surface area contributed by atoms with Crippen molar-refractivity contribution in [3.8, 4) is 0 Å². The predicted octanol–water partition coefficient (Wildman–Crippen LogP) is 2.44. The number of hydrogen-bond donors (Lipinski definition) is 1. The van der Waals surface area contributed by atoms with E-state index in [4.69, 9.17) is 0 Å². The number of halogens is 2. The summed E-state index contributed by atoms with van der Waals surface area (Å²) in [6.07, 6.45) is 0.579. The van der Waals surface area contributed by atoms with Crippen LogP contribution in [0.25, 0.3) is 0 Å². The zero-order valence-corrected chi connectivity index (χ0v) is 11.6. The van der Waals surface area contributed by atoms with E-state index in [0.717, 1.165) is 19.2 Å². The molecule has 0 spiro atoms. The van der Waals surface area contributed by atoms with Gasteiger partial charge in [-0.3, -0.25) is 4.90 Å². The Balaban J connectivity index is 2.59. The first-order valence-electron chi connectivity index (χ1n) is 6.16. The van der Waals surface area contributed by atoms with Crippen molar-refractivity contribution in [2.75, 3.05) is 27.2 Å². The van der Waals surface area contributed by atoms with Crippen LogP contribution < -0.4 is 5.32 Å². The summed E-state index contributed by atoms with van der Waals surface area (Å²) in [4.78, 5) is 2.17. The maximum absolute atomic E-state index is 13.5. The molecule has 0 saturated carbocycles. The molecule has 1 aromatic rings. The molecule has 4 heteroatoms. The van der Waals surface area contributed by atoms with Gasteiger partial charge < -0.3 is 5.32 Å². The normalized spacial score (nSPS) is 12.2. The molecule has 0 heterocycles. The predicted molar refractivity (Wildman–Crippen MR) is 70.7 cm³/mol. The number of likely N-dealkylation sites (N-methyl/N-ethyl adjacent to an activating group) is 2. The Hall–Kier alpha value is -1.00. The Bertz CT molecular complexity index is 391. The maximum Gasteiger partial charge on any atom is 0.129 e. The number of rotatable bonds is 6. The standard InChI is InChI=1S/C14H22F2N2/c1-14(2,10-17-3)18(4)8-7-11-5-6-12(15)9-13(11)16/h5-6,9,17H,7-8,10H2,1-4H3. The molecule has 0 bridgehead atoms. The summed E-state index contributed by atoms with van der Waals surface area (Å²) in [5.41, 5.74) is 0.564. The van der Waals surface area contributed by atoms with Gasteiger partial charge in [-0.1, -0.05) is 6.07 Å². The smallest absolute Gasteiger partial charge is 0.129 e. The van der Waals surface area contributed by atoms with Gasteiger partial charge in [0.2, 0.25) is 0 Å². The van der Waals surface area contributed by atoms with Crippen LogP contribution in [0.3, 0.4) is 0 Å². The topological polar surface area (TPSA) is 15.3 Å². The Kier molecular flexibility index (Phi) is 5.23. The highest BCUT2D eigenvalue weighted by Gasteiger charge is 2.22. The average Bonchev–Trinajstić information content (AvgIpc) is 2.27. The van der Waals surface area contributed by atoms with Crippen molar-refractivity contribution in [3.63, 3.8) is 0 Å². The van der Waals surface area contributed by atoms with E-state index < -0.39 is 11.6 Å². The van der Waals surface area contributed by atoms with Crippen molar-refractivity contribution in [1.29, 1.82) is 0 Å². The Labute approximate surface area is 108 Å². The van der Waals surface area contributed by atoms with Crippen LogP contribution in [0.5, 0.6) is 0 Å². The molecule has 0 radical (unpaired) electrons. The van der Waals surface area contributed by atoms with Crippen molar-refractivity contribution in [2.45, 2.75) is 25.8 Å². The lowest BCUT2D eigenvalue weighted by molar-refractivity contribution is 0.157. The second-order valence-electron chi connectivity index (χ2n) is 5.25. The van der Waals surface area contributed by atoms with Gasteiger partial charge in [0, 0.05) is 24.7 Å². The highest BCUT2D eigenvalue weighted by atomic mass is 19.1. The minimum absolute atomic E-state index is 0.00521. The molecule has 0 aliphatic carbocycles. The van der Waals surface area contributed by atoms with Crippen LogP contribution in [0.15, 0.2) is 18.2 Å². The maximum atomic E-state index is 13.5. The van der Waals surface area contributed by atoms with E-state index in [2.05, 4.69) is 24.1 Å². The van der Waals surface area contributed by atoms with Gasteiger partial charge in [-0.25, -0.2) is 8.78 Å². The molecule has 1 aromatic carbocycles. The summed E-state index contributed by atoms with van der Waals surface area (Å²) < 4.78 is 26.3. The van der Waals surface area contributed by atoms with E-state index in [9.17, 15) is 8.78 Å². The molecule has 2 nitrogen and oxygen atoms in total. The third-order valence-electron chi connectivity index (χ3n) is 3.37. The Morgan fingerprint density at radius 3 is 2.50 bits per heavy atom. The van der Waals surface area contributed by atoms with Crippen LogP contribution in [0.4, 0.5) is 8.78 Å². The van der Waals surface area contributed by atoms with Crippen LogP contribution in [-0.2, 0) is 6.42 Å². The van der Waals surface area contributed by atoms with Crippen molar-refractivity contribution in [1.82, 2.24) is 10.2 Å². The van der Waals surface area contributed by atoms with E-state index in [1.165, 1.54) is 12.1 Å². The molecular formula is C14H22F2N2. The molecule has 0 atom stereocenters. The summed E-state index contributed by atoms with van der Waals surface area (Å²) in [6, 6.07) is 3.76. The molecule has 1 rings (SSSR count). The van der Waals surface area contributed by atoms with Gasteiger partial charge in [-0.05, 0) is 46.0 Å². The fourth-order valence-corrected chi connectivity index (χ4v) is 1.88. The molecule has 0 aromatic heterocycles. The average molecular weight is 256 g/mol. The number of nitrogens with zero attached hydrogens (tertiary/aromatic N) is 1. The molecule has 0 saturated heterocycles. The lowest BCUT2D eigenvalue weighted by atomic mass is 10.0. The quantitative estimate of drug-likeness (QED) is 0.841. The van der Waals surface area contributed by atoms with Crippen LogP contribution >= 0.6 is 0 Å². The summed E-state index contributed by atoms with van der Waals surface area (Å²) in [5.74, 6) is -0.991. The van der Waals surface area contributed by atoms with E-state index in [1.807, 2.05) is 14.1 Å². The van der Waals surface area contributed by atoms with E-state index >= 15 is 0 Å². The zero-order chi connectivity index (χ0) is 13.8. The SMILES string of the molecule is CNCC(C)(C)N(C)CCc1ccc(F)cc1F. The van der Waals surface area contributed by atoms with Crippen molar-refractivity contribution >= 4 is 0 Å². The summed E-state index contributed by atoms with van der Waals surface area (Å²) in [7, 11) is 3.92. The third kappa shape index (κ3) is 4.03. The largest absolute Gasteiger partial charge is 0.318 e. The number of benzene rings is 1. The second kappa shape index (κ2) is 6.25. The summed E-state index contributed by atoms with van der Waals surface area (Å²) in [6.45, 7) is 5.85. The van der Waals surface area contributed by atoms with E-state index in [0.29, 0.717) is 12.0 Å². The van der Waals surface area contributed by atoms with Gasteiger partial charge >= 0.3 is 0 Å². The third-order valence-corrected chi connectivity index (χ3v) is 3.37. The highest BCUT2D eigenvalue weighted by Crippen LogP contribution is 2.14. The first-order chi connectivity index (χ1) is 8.36. The number of nitrogens with one attached hydrogen (secondary N) is 1. The van der Waals surface area contributed by atoms with Crippen LogP contribution in [-0.4, -0.2) is 37.6 Å². The van der Waals surface area contributed by atoms with Gasteiger partial charge in [-0.15, -0.1) is 0 Å². The molecule has 0 fully saturated rings. The van der Waals surface area contributed by atoms with Gasteiger partial charge in [0.1, 0.15) is 11.6 Å². The first-order valence-corrected chi connectivity index (χ1v) is 6.16. The fourth-order valence-electron chi connectivity index (χ4n) is 1.88. The molecule has 102 valence electrons. The Morgan fingerprint density at radius 2 is 1.94 bits per heavy atom. The summed E-state index contributed by atoms with van der Waals surface area (Å²) in [5, 5.41) is 3.14. The first kappa shape index (κ1) is 15.1. The van der Waals surface area contributed by atoms with Gasteiger partial charge in [0.15, 0.2) is 0 Å². The van der Waals surface area contributed by atoms with Crippen LogP contribution in [0.1, 0.15) is 19.4 Å². The van der Waals surface area contributed by atoms with Crippen molar-refractivity contribution < 1.29 is 8.78 Å². The van der Waals surface area contributed by atoms with Gasteiger partial charge in [0.05, 0.1) is 0 Å². The van der Waals surface area contributed by atoms with Crippen molar-refractivity contribution in [3.05, 3.63) is 35.4 Å². The van der Waals surface area contributed by atoms with Crippen LogP contribution in [0, 0.1) is 11.6 Å². The minimum atomic E-state index is -0.528. The van der Waals surface area contributed by atoms with Gasteiger partial charge in [0.25, 0.3) is 0 Å². The highest BCUT2D eigenvalue weighted by molar-refractivity contribution is 5.18. The molecular weight excluding hydrogens is 234 g/mol. The monoisotopic (exact) mass is 256 g/mol. The Morgan fingerprint density at radius 1 is 1.28 bits per heavy atom. The second-order valence-corrected chi connectivity index (χ2v) is 5.25.